The Morgan fingerprint density at radius 3 is 1.50 bits per heavy atom. The molecule has 0 unspecified atom stereocenters. The average Bonchev–Trinajstić information content (AvgIpc) is 1.99. The van der Waals surface area contributed by atoms with Gasteiger partial charge in [-0.2, -0.15) is 11.8 Å². The van der Waals surface area contributed by atoms with Crippen LogP contribution in [-0.2, 0) is 19.3 Å². The summed E-state index contributed by atoms with van der Waals surface area (Å²) in [5, 5.41) is 0. The Bertz CT molecular complexity index is 147. The molecule has 0 saturated heterocycles. The molecule has 0 radical (unpaired) electrons. The number of hydrogen-bond donors (Lipinski definition) is 2. The molecule has 0 aliphatic heterocycles. The molecule has 10 heavy (non-hydrogen) atoms. The molecule has 0 rings (SSSR count). The maximum Gasteiger partial charge on any atom is 0.349 e. The van der Waals surface area contributed by atoms with Gasteiger partial charge in [-0.3, -0.25) is 0 Å². The highest BCUT2D eigenvalue weighted by atomic mass is 16.7. The largest absolute Gasteiger partial charge is 0.370 e. The summed E-state index contributed by atoms with van der Waals surface area (Å²) in [4.78, 5) is 27.6. The standard InChI is InChI=1S/C4H6N2O4/c5-9-3(7)1-2-4(8)10-6/h1-2H,5-6H2. The Morgan fingerprint density at radius 1 is 1.00 bits per heavy atom. The smallest absolute Gasteiger partial charge is 0.349 e. The molecule has 0 aromatic heterocycles. The Labute approximate surface area is 56.3 Å². The first kappa shape index (κ1) is 8.60. The predicted octanol–water partition coefficient (Wildman–Crippen LogP) is -1.62. The molecule has 0 atom stereocenters. The normalized spacial score (nSPS) is 9.40. The van der Waals surface area contributed by atoms with Crippen molar-refractivity contribution in [3.05, 3.63) is 12.2 Å². The van der Waals surface area contributed by atoms with Crippen LogP contribution in [0.5, 0.6) is 0 Å². The van der Waals surface area contributed by atoms with Gasteiger partial charge >= 0.3 is 11.9 Å². The van der Waals surface area contributed by atoms with E-state index in [2.05, 4.69) is 21.5 Å². The third-order valence-electron chi connectivity index (χ3n) is 0.588. The number of rotatable bonds is 2. The second kappa shape index (κ2) is 4.48. The van der Waals surface area contributed by atoms with E-state index in [1.54, 1.807) is 0 Å². The number of hydrogen-bond acceptors (Lipinski definition) is 6. The van der Waals surface area contributed by atoms with Gasteiger partial charge in [-0.05, 0) is 0 Å². The van der Waals surface area contributed by atoms with E-state index in [1.807, 2.05) is 0 Å². The second-order valence-electron chi connectivity index (χ2n) is 1.21. The fourth-order valence-electron chi connectivity index (χ4n) is 0.215. The van der Waals surface area contributed by atoms with Crippen molar-refractivity contribution in [1.29, 1.82) is 0 Å². The van der Waals surface area contributed by atoms with Crippen LogP contribution < -0.4 is 11.8 Å². The number of carbonyl (C=O) groups is 2. The molecule has 0 aromatic rings. The molecule has 0 fully saturated rings. The van der Waals surface area contributed by atoms with E-state index in [1.165, 1.54) is 0 Å². The third-order valence-corrected chi connectivity index (χ3v) is 0.588. The van der Waals surface area contributed by atoms with Gasteiger partial charge in [0.2, 0.25) is 0 Å². The zero-order chi connectivity index (χ0) is 7.98. The van der Waals surface area contributed by atoms with E-state index in [4.69, 9.17) is 0 Å². The Kier molecular flexibility index (Phi) is 3.85. The minimum Gasteiger partial charge on any atom is -0.370 e. The van der Waals surface area contributed by atoms with E-state index < -0.39 is 11.9 Å². The summed E-state index contributed by atoms with van der Waals surface area (Å²) in [5.74, 6) is 7.12. The van der Waals surface area contributed by atoms with Gasteiger partial charge in [-0.25, -0.2) is 9.59 Å². The first-order chi connectivity index (χ1) is 4.70. The van der Waals surface area contributed by atoms with Crippen LogP contribution in [0, 0.1) is 0 Å². The summed E-state index contributed by atoms with van der Waals surface area (Å²) in [7, 11) is 0. The van der Waals surface area contributed by atoms with E-state index >= 15 is 0 Å². The lowest BCUT2D eigenvalue weighted by molar-refractivity contribution is -0.141. The lowest BCUT2D eigenvalue weighted by Crippen LogP contribution is -2.09. The number of nitrogens with two attached hydrogens (primary N) is 2. The zero-order valence-electron chi connectivity index (χ0n) is 4.94. The van der Waals surface area contributed by atoms with Crippen LogP contribution in [0.4, 0.5) is 0 Å². The van der Waals surface area contributed by atoms with Crippen LogP contribution in [-0.4, -0.2) is 11.9 Å². The van der Waals surface area contributed by atoms with Crippen molar-refractivity contribution in [3.63, 3.8) is 0 Å². The Hall–Kier alpha value is -1.40. The molecule has 0 heterocycles. The Morgan fingerprint density at radius 2 is 1.30 bits per heavy atom. The highest BCUT2D eigenvalue weighted by Crippen LogP contribution is 1.77. The van der Waals surface area contributed by atoms with Gasteiger partial charge in [0.05, 0.1) is 0 Å². The molecule has 0 spiro atoms. The predicted molar refractivity (Wildman–Crippen MR) is 29.7 cm³/mol. The molecule has 0 aliphatic rings. The maximum atomic E-state index is 10.1. The van der Waals surface area contributed by atoms with Crippen LogP contribution in [0.25, 0.3) is 0 Å². The number of carbonyl (C=O) groups excluding carboxylic acids is 2. The molecule has 0 saturated carbocycles. The average molecular weight is 146 g/mol. The first-order valence-corrected chi connectivity index (χ1v) is 2.20. The molecular formula is C4H6N2O4. The monoisotopic (exact) mass is 146 g/mol. The third kappa shape index (κ3) is 3.58. The van der Waals surface area contributed by atoms with E-state index in [-0.39, 0.29) is 0 Å². The van der Waals surface area contributed by atoms with E-state index in [0.717, 1.165) is 12.2 Å². The van der Waals surface area contributed by atoms with Crippen LogP contribution in [0.15, 0.2) is 12.2 Å². The minimum absolute atomic E-state index is 0.787. The molecule has 0 aromatic carbocycles. The van der Waals surface area contributed by atoms with E-state index in [0.29, 0.717) is 0 Å². The topological polar surface area (TPSA) is 105 Å². The van der Waals surface area contributed by atoms with Crippen LogP contribution in [0.1, 0.15) is 0 Å². The van der Waals surface area contributed by atoms with Crippen molar-refractivity contribution in [3.8, 4) is 0 Å². The summed E-state index contributed by atoms with van der Waals surface area (Å²) in [6.45, 7) is 0. The summed E-state index contributed by atoms with van der Waals surface area (Å²) >= 11 is 0. The molecule has 6 nitrogen and oxygen atoms in total. The SMILES string of the molecule is NOC(=O)C=CC(=O)ON. The van der Waals surface area contributed by atoms with Gasteiger partial charge in [0.15, 0.2) is 0 Å². The van der Waals surface area contributed by atoms with Gasteiger partial charge in [0, 0.05) is 12.2 Å². The highest BCUT2D eigenvalue weighted by Gasteiger charge is 1.95. The van der Waals surface area contributed by atoms with Crippen molar-refractivity contribution >= 4 is 11.9 Å². The summed E-state index contributed by atoms with van der Waals surface area (Å²) in [6.07, 6.45) is 1.57. The molecule has 4 N–H and O–H groups in total. The molecule has 6 heteroatoms. The van der Waals surface area contributed by atoms with Gasteiger partial charge in [-0.15, -0.1) is 0 Å². The molecule has 0 aliphatic carbocycles. The maximum absolute atomic E-state index is 10.1. The summed E-state index contributed by atoms with van der Waals surface area (Å²) in [6, 6.07) is 0. The highest BCUT2D eigenvalue weighted by molar-refractivity contribution is 5.91. The lowest BCUT2D eigenvalue weighted by atomic mass is 10.5. The fourth-order valence-corrected chi connectivity index (χ4v) is 0.215. The van der Waals surface area contributed by atoms with Crippen LogP contribution in [0.2, 0.25) is 0 Å². The van der Waals surface area contributed by atoms with Crippen molar-refractivity contribution in [2.24, 2.45) is 11.8 Å². The molecule has 0 bridgehead atoms. The van der Waals surface area contributed by atoms with Crippen molar-refractivity contribution in [2.75, 3.05) is 0 Å². The molecule has 56 valence electrons. The zero-order valence-corrected chi connectivity index (χ0v) is 4.94. The van der Waals surface area contributed by atoms with Gasteiger partial charge in [0.1, 0.15) is 0 Å². The minimum atomic E-state index is -0.856. The van der Waals surface area contributed by atoms with Crippen LogP contribution in [0.3, 0.4) is 0 Å². The van der Waals surface area contributed by atoms with Crippen LogP contribution >= 0.6 is 0 Å². The van der Waals surface area contributed by atoms with Gasteiger partial charge in [0.25, 0.3) is 0 Å². The molecule has 0 amide bonds. The summed E-state index contributed by atoms with van der Waals surface area (Å²) in [5.41, 5.74) is 0. The quantitative estimate of drug-likeness (QED) is 0.358. The van der Waals surface area contributed by atoms with E-state index in [9.17, 15) is 9.59 Å². The lowest BCUT2D eigenvalue weighted by Gasteiger charge is -1.87. The van der Waals surface area contributed by atoms with Crippen molar-refractivity contribution < 1.29 is 19.3 Å². The first-order valence-electron chi connectivity index (χ1n) is 2.20. The fraction of sp³-hybridized carbons (Fsp3) is 0. The van der Waals surface area contributed by atoms with Crippen molar-refractivity contribution in [1.82, 2.24) is 0 Å². The second-order valence-corrected chi connectivity index (χ2v) is 1.21. The van der Waals surface area contributed by atoms with Crippen molar-refractivity contribution in [2.45, 2.75) is 0 Å². The summed E-state index contributed by atoms with van der Waals surface area (Å²) < 4.78 is 0. The Balaban J connectivity index is 3.75. The molecular weight excluding hydrogens is 140 g/mol. The van der Waals surface area contributed by atoms with Gasteiger partial charge < -0.3 is 9.68 Å². The van der Waals surface area contributed by atoms with Gasteiger partial charge in [-0.1, -0.05) is 0 Å².